The molecule has 3 heterocycles. The van der Waals surface area contributed by atoms with Crippen molar-refractivity contribution in [2.24, 2.45) is 0 Å². The Balaban J connectivity index is 1.41. The number of hydrogen-bond donors (Lipinski definition) is 3. The number of imidazole rings is 1. The van der Waals surface area contributed by atoms with Crippen LogP contribution in [-0.2, 0) is 6.54 Å². The number of aliphatic hydroxyl groups is 1. The molecule has 9 heteroatoms. The van der Waals surface area contributed by atoms with Crippen LogP contribution < -0.4 is 15.4 Å². The normalized spacial score (nSPS) is 15.6. The average Bonchev–Trinajstić information content (AvgIpc) is 3.60. The van der Waals surface area contributed by atoms with E-state index >= 15 is 0 Å². The van der Waals surface area contributed by atoms with Gasteiger partial charge in [0.25, 0.3) is 0 Å². The molecule has 1 aromatic carbocycles. The Morgan fingerprint density at radius 1 is 1.11 bits per heavy atom. The molecule has 0 spiro atoms. The molecule has 0 radical (unpaired) electrons. The van der Waals surface area contributed by atoms with Gasteiger partial charge in [-0.25, -0.2) is 4.98 Å². The van der Waals surface area contributed by atoms with Gasteiger partial charge in [-0.2, -0.15) is 9.97 Å². The zero-order valence-corrected chi connectivity index (χ0v) is 21.7. The summed E-state index contributed by atoms with van der Waals surface area (Å²) in [5, 5.41) is 16.9. The zero-order valence-electron chi connectivity index (χ0n) is 21.7. The monoisotopic (exact) mass is 501 g/mol. The minimum Gasteiger partial charge on any atom is -0.496 e. The van der Waals surface area contributed by atoms with E-state index in [-0.39, 0.29) is 6.04 Å². The summed E-state index contributed by atoms with van der Waals surface area (Å²) in [4.78, 5) is 18.9. The Morgan fingerprint density at radius 3 is 2.62 bits per heavy atom. The maximum absolute atomic E-state index is 10.2. The molecule has 194 valence electrons. The van der Waals surface area contributed by atoms with Crippen LogP contribution >= 0.6 is 0 Å². The minimum absolute atomic E-state index is 0.139. The van der Waals surface area contributed by atoms with Crippen molar-refractivity contribution < 1.29 is 9.84 Å². The third kappa shape index (κ3) is 5.36. The van der Waals surface area contributed by atoms with Crippen molar-refractivity contribution in [2.45, 2.75) is 70.7 Å². The van der Waals surface area contributed by atoms with Gasteiger partial charge in [0.15, 0.2) is 17.0 Å². The SMILES string of the molecule is CCC(Nc1nc(NCc2ccc(-c3ccccc3OC)nc2)c2ncn(C3CCCC3)c2n1)C(C)O. The molecule has 0 saturated heterocycles. The van der Waals surface area contributed by atoms with Gasteiger partial charge < -0.3 is 25.0 Å². The Kier molecular flexibility index (Phi) is 7.50. The summed E-state index contributed by atoms with van der Waals surface area (Å²) in [7, 11) is 1.67. The maximum Gasteiger partial charge on any atom is 0.227 e. The Hall–Kier alpha value is -3.72. The highest BCUT2D eigenvalue weighted by molar-refractivity contribution is 5.84. The van der Waals surface area contributed by atoms with E-state index in [1.807, 2.05) is 49.8 Å². The number of nitrogens with zero attached hydrogens (tertiary/aromatic N) is 5. The van der Waals surface area contributed by atoms with Crippen LogP contribution in [0, 0.1) is 0 Å². The number of rotatable bonds is 10. The summed E-state index contributed by atoms with van der Waals surface area (Å²) >= 11 is 0. The number of pyridine rings is 1. The van der Waals surface area contributed by atoms with Crippen molar-refractivity contribution in [3.8, 4) is 17.0 Å². The molecule has 4 aromatic rings. The standard InChI is InChI=1S/C28H35N7O2/c1-4-22(18(2)36)32-28-33-26(25-27(34-28)35(17-31-25)20-9-5-6-10-20)30-16-19-13-14-23(29-15-19)21-11-7-8-12-24(21)37-3/h7-8,11-15,17-18,20,22,36H,4-6,9-10,16H2,1-3H3,(H2,30,32,33,34). The molecular formula is C28H35N7O2. The third-order valence-corrected chi connectivity index (χ3v) is 7.14. The van der Waals surface area contributed by atoms with E-state index in [1.54, 1.807) is 14.0 Å². The molecule has 37 heavy (non-hydrogen) atoms. The molecule has 0 bridgehead atoms. The molecule has 0 amide bonds. The number of fused-ring (bicyclic) bond motifs is 1. The van der Waals surface area contributed by atoms with Crippen LogP contribution in [0.5, 0.6) is 5.75 Å². The summed E-state index contributed by atoms with van der Waals surface area (Å²) in [5.41, 5.74) is 4.40. The predicted octanol–water partition coefficient (Wildman–Crippen LogP) is 5.20. The van der Waals surface area contributed by atoms with E-state index in [9.17, 15) is 5.11 Å². The van der Waals surface area contributed by atoms with Gasteiger partial charge in [-0.15, -0.1) is 0 Å². The number of aromatic nitrogens is 5. The highest BCUT2D eigenvalue weighted by Gasteiger charge is 2.23. The first-order chi connectivity index (χ1) is 18.1. The first-order valence-electron chi connectivity index (χ1n) is 13.1. The number of para-hydroxylation sites is 1. The fourth-order valence-corrected chi connectivity index (χ4v) is 5.01. The summed E-state index contributed by atoms with van der Waals surface area (Å²) in [6, 6.07) is 12.2. The van der Waals surface area contributed by atoms with Gasteiger partial charge in [0.2, 0.25) is 5.95 Å². The predicted molar refractivity (Wildman–Crippen MR) is 146 cm³/mol. The van der Waals surface area contributed by atoms with E-state index in [2.05, 4.69) is 26.3 Å². The molecular weight excluding hydrogens is 466 g/mol. The number of benzene rings is 1. The number of anilines is 2. The quantitative estimate of drug-likeness (QED) is 0.272. The van der Waals surface area contributed by atoms with Crippen LogP contribution in [0.25, 0.3) is 22.4 Å². The van der Waals surface area contributed by atoms with Crippen molar-refractivity contribution >= 4 is 22.9 Å². The second kappa shape index (κ2) is 11.1. The summed E-state index contributed by atoms with van der Waals surface area (Å²) in [5.74, 6) is 1.95. The molecule has 2 atom stereocenters. The maximum atomic E-state index is 10.2. The Bertz CT molecular complexity index is 1330. The molecule has 9 nitrogen and oxygen atoms in total. The zero-order chi connectivity index (χ0) is 25.8. The van der Waals surface area contributed by atoms with Crippen LogP contribution in [0.2, 0.25) is 0 Å². The lowest BCUT2D eigenvalue weighted by atomic mass is 10.1. The molecule has 1 aliphatic carbocycles. The van der Waals surface area contributed by atoms with Crippen molar-refractivity contribution in [1.82, 2.24) is 24.5 Å². The van der Waals surface area contributed by atoms with Gasteiger partial charge >= 0.3 is 0 Å². The van der Waals surface area contributed by atoms with E-state index in [4.69, 9.17) is 19.7 Å². The number of methoxy groups -OCH3 is 1. The van der Waals surface area contributed by atoms with Crippen molar-refractivity contribution in [3.63, 3.8) is 0 Å². The molecule has 2 unspecified atom stereocenters. The van der Waals surface area contributed by atoms with Crippen molar-refractivity contribution in [1.29, 1.82) is 0 Å². The van der Waals surface area contributed by atoms with Crippen molar-refractivity contribution in [2.75, 3.05) is 17.7 Å². The number of hydrogen-bond acceptors (Lipinski definition) is 8. The lowest BCUT2D eigenvalue weighted by Gasteiger charge is -2.20. The molecule has 1 fully saturated rings. The van der Waals surface area contributed by atoms with Gasteiger partial charge in [-0.05, 0) is 49.9 Å². The van der Waals surface area contributed by atoms with E-state index in [0.717, 1.165) is 53.0 Å². The highest BCUT2D eigenvalue weighted by Crippen LogP contribution is 2.33. The van der Waals surface area contributed by atoms with E-state index in [1.165, 1.54) is 12.8 Å². The topological polar surface area (TPSA) is 110 Å². The number of ether oxygens (including phenoxy) is 1. The summed E-state index contributed by atoms with van der Waals surface area (Å²) in [6.45, 7) is 4.35. The average molecular weight is 502 g/mol. The van der Waals surface area contributed by atoms with Gasteiger partial charge in [0.05, 0.1) is 31.3 Å². The van der Waals surface area contributed by atoms with Crippen LogP contribution in [0.1, 0.15) is 57.6 Å². The van der Waals surface area contributed by atoms with Crippen LogP contribution in [-0.4, -0.2) is 48.9 Å². The number of nitrogens with one attached hydrogen (secondary N) is 2. The molecule has 3 N–H and O–H groups in total. The summed E-state index contributed by atoms with van der Waals surface area (Å²) < 4.78 is 7.67. The van der Waals surface area contributed by atoms with Gasteiger partial charge in [0.1, 0.15) is 5.75 Å². The summed E-state index contributed by atoms with van der Waals surface area (Å²) in [6.07, 6.45) is 8.71. The third-order valence-electron chi connectivity index (χ3n) is 7.14. The second-order valence-corrected chi connectivity index (χ2v) is 9.66. The molecule has 0 aliphatic heterocycles. The van der Waals surface area contributed by atoms with Crippen molar-refractivity contribution in [3.05, 3.63) is 54.5 Å². The van der Waals surface area contributed by atoms with Gasteiger partial charge in [-0.3, -0.25) is 4.98 Å². The van der Waals surface area contributed by atoms with Crippen LogP contribution in [0.3, 0.4) is 0 Å². The Labute approximate surface area is 217 Å². The first kappa shape index (κ1) is 25.0. The smallest absolute Gasteiger partial charge is 0.227 e. The lowest BCUT2D eigenvalue weighted by molar-refractivity contribution is 0.169. The van der Waals surface area contributed by atoms with E-state index < -0.39 is 6.10 Å². The van der Waals surface area contributed by atoms with E-state index in [0.29, 0.717) is 24.4 Å². The highest BCUT2D eigenvalue weighted by atomic mass is 16.5. The van der Waals surface area contributed by atoms with Gasteiger partial charge in [-0.1, -0.05) is 38.0 Å². The fourth-order valence-electron chi connectivity index (χ4n) is 5.01. The molecule has 5 rings (SSSR count). The fraction of sp³-hybridized carbons (Fsp3) is 0.429. The number of aliphatic hydroxyl groups excluding tert-OH is 1. The van der Waals surface area contributed by atoms with Crippen LogP contribution in [0.4, 0.5) is 11.8 Å². The minimum atomic E-state index is -0.520. The second-order valence-electron chi connectivity index (χ2n) is 9.66. The lowest BCUT2D eigenvalue weighted by Crippen LogP contribution is -2.31. The van der Waals surface area contributed by atoms with Crippen LogP contribution in [0.15, 0.2) is 48.9 Å². The molecule has 3 aromatic heterocycles. The Morgan fingerprint density at radius 2 is 1.92 bits per heavy atom. The molecule has 1 aliphatic rings. The molecule has 1 saturated carbocycles. The first-order valence-corrected chi connectivity index (χ1v) is 13.1. The largest absolute Gasteiger partial charge is 0.496 e. The van der Waals surface area contributed by atoms with Gasteiger partial charge in [0, 0.05) is 24.3 Å².